The molecule has 4 nitrogen and oxygen atoms in total. The Hall–Kier alpha value is -1.13. The Morgan fingerprint density at radius 2 is 2.38 bits per heavy atom. The number of hydrogen-bond acceptors (Lipinski definition) is 3. The maximum Gasteiger partial charge on any atom is 0.255 e. The Bertz CT molecular complexity index is 420. The largest absolute Gasteiger partial charge is 0.376 e. The molecule has 16 heavy (non-hydrogen) atoms. The molecule has 1 saturated heterocycles. The predicted octanol–water partition coefficient (Wildman–Crippen LogP) is 0.794. The molecule has 0 spiro atoms. The first-order valence-electron chi connectivity index (χ1n) is 5.73. The summed E-state index contributed by atoms with van der Waals surface area (Å²) in [5.74, 6) is 0. The number of aryl methyl sites for hydroxylation is 1. The van der Waals surface area contributed by atoms with Crippen molar-refractivity contribution in [3.05, 3.63) is 33.7 Å². The first kappa shape index (κ1) is 11.4. The van der Waals surface area contributed by atoms with E-state index in [2.05, 4.69) is 0 Å². The van der Waals surface area contributed by atoms with Crippen molar-refractivity contribution < 1.29 is 4.74 Å². The highest BCUT2D eigenvalue weighted by atomic mass is 16.5. The third-order valence-corrected chi connectivity index (χ3v) is 3.10. The van der Waals surface area contributed by atoms with Gasteiger partial charge in [-0.05, 0) is 25.8 Å². The lowest BCUT2D eigenvalue weighted by atomic mass is 10.2. The van der Waals surface area contributed by atoms with Crippen molar-refractivity contribution in [3.8, 4) is 0 Å². The van der Waals surface area contributed by atoms with E-state index in [4.69, 9.17) is 10.5 Å². The molecular formula is C12H18N2O2. The SMILES string of the molecule is Cc1ccc(CN)c(=O)n1CC1CCCO1. The molecule has 1 unspecified atom stereocenters. The van der Waals surface area contributed by atoms with Crippen LogP contribution in [-0.2, 0) is 17.8 Å². The van der Waals surface area contributed by atoms with Crippen LogP contribution in [0.1, 0.15) is 24.1 Å². The maximum absolute atomic E-state index is 12.0. The number of nitrogens with two attached hydrogens (primary N) is 1. The van der Waals surface area contributed by atoms with Gasteiger partial charge in [0.2, 0.25) is 0 Å². The summed E-state index contributed by atoms with van der Waals surface area (Å²) in [4.78, 5) is 12.0. The highest BCUT2D eigenvalue weighted by Gasteiger charge is 2.17. The van der Waals surface area contributed by atoms with Gasteiger partial charge in [0, 0.05) is 24.4 Å². The summed E-state index contributed by atoms with van der Waals surface area (Å²) in [6.07, 6.45) is 2.32. The van der Waals surface area contributed by atoms with Crippen LogP contribution in [-0.4, -0.2) is 17.3 Å². The van der Waals surface area contributed by atoms with Crippen LogP contribution in [0.5, 0.6) is 0 Å². The number of ether oxygens (including phenoxy) is 1. The molecular weight excluding hydrogens is 204 g/mol. The number of rotatable bonds is 3. The highest BCUT2D eigenvalue weighted by molar-refractivity contribution is 5.15. The zero-order valence-corrected chi connectivity index (χ0v) is 9.61. The molecule has 2 rings (SSSR count). The third-order valence-electron chi connectivity index (χ3n) is 3.10. The van der Waals surface area contributed by atoms with Crippen molar-refractivity contribution in [2.45, 2.75) is 39.0 Å². The number of nitrogens with zero attached hydrogens (tertiary/aromatic N) is 1. The van der Waals surface area contributed by atoms with E-state index in [1.54, 1.807) is 4.57 Å². The second-order valence-corrected chi connectivity index (χ2v) is 4.25. The predicted molar refractivity (Wildman–Crippen MR) is 62.3 cm³/mol. The van der Waals surface area contributed by atoms with Gasteiger partial charge in [-0.3, -0.25) is 4.79 Å². The molecule has 0 radical (unpaired) electrons. The van der Waals surface area contributed by atoms with Crippen molar-refractivity contribution in [3.63, 3.8) is 0 Å². The standard InChI is InChI=1S/C12H18N2O2/c1-9-4-5-10(7-13)12(15)14(9)8-11-3-2-6-16-11/h4-5,11H,2-3,6-8,13H2,1H3. The van der Waals surface area contributed by atoms with E-state index >= 15 is 0 Å². The van der Waals surface area contributed by atoms with Gasteiger partial charge in [-0.15, -0.1) is 0 Å². The van der Waals surface area contributed by atoms with Crippen LogP contribution in [0.25, 0.3) is 0 Å². The van der Waals surface area contributed by atoms with E-state index in [0.29, 0.717) is 18.7 Å². The molecule has 2 N–H and O–H groups in total. The van der Waals surface area contributed by atoms with Crippen molar-refractivity contribution in [2.75, 3.05) is 6.61 Å². The number of aromatic nitrogens is 1. The lowest BCUT2D eigenvalue weighted by Gasteiger charge is -2.15. The van der Waals surface area contributed by atoms with Crippen LogP contribution in [0.15, 0.2) is 16.9 Å². The van der Waals surface area contributed by atoms with Crippen molar-refractivity contribution in [2.24, 2.45) is 5.73 Å². The normalized spacial score (nSPS) is 20.2. The molecule has 0 aliphatic carbocycles. The molecule has 0 saturated carbocycles. The van der Waals surface area contributed by atoms with Crippen molar-refractivity contribution in [1.82, 2.24) is 4.57 Å². The Morgan fingerprint density at radius 3 is 3.00 bits per heavy atom. The molecule has 0 bridgehead atoms. The van der Waals surface area contributed by atoms with Crippen molar-refractivity contribution >= 4 is 0 Å². The van der Waals surface area contributed by atoms with Gasteiger partial charge in [-0.2, -0.15) is 0 Å². The lowest BCUT2D eigenvalue weighted by molar-refractivity contribution is 0.0956. The zero-order valence-electron chi connectivity index (χ0n) is 9.61. The molecule has 1 aliphatic rings. The van der Waals surface area contributed by atoms with Gasteiger partial charge in [0.1, 0.15) is 0 Å². The van der Waals surface area contributed by atoms with Crippen molar-refractivity contribution in [1.29, 1.82) is 0 Å². The molecule has 1 aromatic rings. The van der Waals surface area contributed by atoms with Crippen LogP contribution in [0.2, 0.25) is 0 Å². The Labute approximate surface area is 95.0 Å². The molecule has 0 aromatic carbocycles. The monoisotopic (exact) mass is 222 g/mol. The third kappa shape index (κ3) is 2.18. The van der Waals surface area contributed by atoms with Crippen LogP contribution >= 0.6 is 0 Å². The van der Waals surface area contributed by atoms with Gasteiger partial charge in [-0.1, -0.05) is 6.07 Å². The van der Waals surface area contributed by atoms with Gasteiger partial charge in [-0.25, -0.2) is 0 Å². The van der Waals surface area contributed by atoms with E-state index < -0.39 is 0 Å². The Kier molecular flexibility index (Phi) is 3.41. The van der Waals surface area contributed by atoms with E-state index in [-0.39, 0.29) is 11.7 Å². The average molecular weight is 222 g/mol. The molecule has 1 aromatic heterocycles. The minimum Gasteiger partial charge on any atom is -0.376 e. The average Bonchev–Trinajstić information content (AvgIpc) is 2.77. The zero-order chi connectivity index (χ0) is 11.5. The van der Waals surface area contributed by atoms with Gasteiger partial charge in [0.25, 0.3) is 5.56 Å². The fourth-order valence-electron chi connectivity index (χ4n) is 2.09. The summed E-state index contributed by atoms with van der Waals surface area (Å²) in [6.45, 7) is 3.70. The van der Waals surface area contributed by atoms with Gasteiger partial charge >= 0.3 is 0 Å². The van der Waals surface area contributed by atoms with E-state index in [9.17, 15) is 4.79 Å². The molecule has 1 fully saturated rings. The summed E-state index contributed by atoms with van der Waals surface area (Å²) < 4.78 is 7.33. The first-order valence-corrected chi connectivity index (χ1v) is 5.73. The van der Waals surface area contributed by atoms with Crippen LogP contribution in [0.3, 0.4) is 0 Å². The first-order chi connectivity index (χ1) is 7.72. The van der Waals surface area contributed by atoms with E-state index in [0.717, 1.165) is 25.1 Å². The number of hydrogen-bond donors (Lipinski definition) is 1. The fraction of sp³-hybridized carbons (Fsp3) is 0.583. The van der Waals surface area contributed by atoms with Gasteiger partial charge in [0.05, 0.1) is 12.6 Å². The quantitative estimate of drug-likeness (QED) is 0.822. The van der Waals surface area contributed by atoms with Gasteiger partial charge in [0.15, 0.2) is 0 Å². The summed E-state index contributed by atoms with van der Waals surface area (Å²) in [5.41, 5.74) is 7.20. The smallest absolute Gasteiger partial charge is 0.255 e. The van der Waals surface area contributed by atoms with E-state index in [1.165, 1.54) is 0 Å². The van der Waals surface area contributed by atoms with Crippen LogP contribution in [0.4, 0.5) is 0 Å². The topological polar surface area (TPSA) is 57.2 Å². The molecule has 1 aliphatic heterocycles. The minimum atomic E-state index is 0.0259. The molecule has 4 heteroatoms. The summed E-state index contributed by atoms with van der Waals surface area (Å²) in [6, 6.07) is 3.75. The Balaban J connectivity index is 2.27. The van der Waals surface area contributed by atoms with E-state index in [1.807, 2.05) is 19.1 Å². The number of pyridine rings is 1. The van der Waals surface area contributed by atoms with Crippen LogP contribution < -0.4 is 11.3 Å². The fourth-order valence-corrected chi connectivity index (χ4v) is 2.09. The maximum atomic E-state index is 12.0. The molecule has 88 valence electrons. The van der Waals surface area contributed by atoms with Gasteiger partial charge < -0.3 is 15.0 Å². The second kappa shape index (κ2) is 4.80. The minimum absolute atomic E-state index is 0.0259. The summed E-state index contributed by atoms with van der Waals surface area (Å²) >= 11 is 0. The second-order valence-electron chi connectivity index (χ2n) is 4.25. The summed E-state index contributed by atoms with van der Waals surface area (Å²) in [5, 5.41) is 0. The van der Waals surface area contributed by atoms with Crippen LogP contribution in [0, 0.1) is 6.92 Å². The summed E-state index contributed by atoms with van der Waals surface area (Å²) in [7, 11) is 0. The molecule has 2 heterocycles. The highest BCUT2D eigenvalue weighted by Crippen LogP contribution is 2.14. The lowest BCUT2D eigenvalue weighted by Crippen LogP contribution is -2.31. The molecule has 1 atom stereocenters. The molecule has 0 amide bonds. The Morgan fingerprint density at radius 1 is 1.56 bits per heavy atom.